The number of ether oxygens (including phenoxy) is 1. The minimum Gasteiger partial charge on any atom is -0.444 e. The smallest absolute Gasteiger partial charge is 0.410 e. The molecule has 2 aromatic rings. The van der Waals surface area contributed by atoms with E-state index in [1.54, 1.807) is 27.8 Å². The minimum atomic E-state index is -0.496. The predicted octanol–water partition coefficient (Wildman–Crippen LogP) is 3.73. The van der Waals surface area contributed by atoms with E-state index < -0.39 is 5.60 Å². The number of hydrogen-bond donors (Lipinski definition) is 0. The summed E-state index contributed by atoms with van der Waals surface area (Å²) in [5, 5.41) is 0.611. The zero-order chi connectivity index (χ0) is 18.2. The van der Waals surface area contributed by atoms with Crippen molar-refractivity contribution in [2.24, 2.45) is 0 Å². The SMILES string of the molecule is CC(C)(C)OC(=O)N1CCC(n2ccc3nc(Br)ccc3c2=O)CC1. The molecule has 0 bridgehead atoms. The molecule has 1 saturated heterocycles. The van der Waals surface area contributed by atoms with Crippen LogP contribution in [-0.4, -0.2) is 39.2 Å². The zero-order valence-electron chi connectivity index (χ0n) is 14.7. The summed E-state index contributed by atoms with van der Waals surface area (Å²) in [6.07, 6.45) is 2.98. The number of fused-ring (bicyclic) bond motifs is 1. The summed E-state index contributed by atoms with van der Waals surface area (Å²) >= 11 is 3.32. The van der Waals surface area contributed by atoms with E-state index >= 15 is 0 Å². The Kier molecular flexibility index (Phi) is 4.86. The Morgan fingerprint density at radius 1 is 1.24 bits per heavy atom. The monoisotopic (exact) mass is 407 g/mol. The Bertz CT molecular complexity index is 849. The van der Waals surface area contributed by atoms with Crippen molar-refractivity contribution in [3.05, 3.63) is 39.4 Å². The summed E-state index contributed by atoms with van der Waals surface area (Å²) < 4.78 is 7.90. The highest BCUT2D eigenvalue weighted by Crippen LogP contribution is 2.23. The molecule has 3 heterocycles. The number of amides is 1. The second kappa shape index (κ2) is 6.78. The number of carbonyl (C=O) groups excluding carboxylic acids is 1. The molecule has 1 fully saturated rings. The second-order valence-electron chi connectivity index (χ2n) is 7.29. The Morgan fingerprint density at radius 2 is 1.92 bits per heavy atom. The Hall–Kier alpha value is -1.89. The van der Waals surface area contributed by atoms with E-state index in [1.165, 1.54) is 0 Å². The van der Waals surface area contributed by atoms with Crippen molar-refractivity contribution in [1.82, 2.24) is 14.5 Å². The van der Waals surface area contributed by atoms with Gasteiger partial charge in [-0.25, -0.2) is 9.78 Å². The van der Waals surface area contributed by atoms with Crippen molar-refractivity contribution in [2.75, 3.05) is 13.1 Å². The highest BCUT2D eigenvalue weighted by atomic mass is 79.9. The van der Waals surface area contributed by atoms with Crippen LogP contribution in [0.15, 0.2) is 33.8 Å². The lowest BCUT2D eigenvalue weighted by Gasteiger charge is -2.34. The van der Waals surface area contributed by atoms with Gasteiger partial charge in [0.2, 0.25) is 0 Å². The number of likely N-dealkylation sites (tertiary alicyclic amines) is 1. The molecule has 3 rings (SSSR count). The first kappa shape index (κ1) is 17.9. The fourth-order valence-electron chi connectivity index (χ4n) is 3.06. The van der Waals surface area contributed by atoms with Gasteiger partial charge in [0.1, 0.15) is 10.2 Å². The van der Waals surface area contributed by atoms with Gasteiger partial charge in [-0.3, -0.25) is 4.79 Å². The van der Waals surface area contributed by atoms with E-state index in [2.05, 4.69) is 20.9 Å². The van der Waals surface area contributed by atoms with Gasteiger partial charge < -0.3 is 14.2 Å². The van der Waals surface area contributed by atoms with Crippen molar-refractivity contribution in [1.29, 1.82) is 0 Å². The molecule has 0 aromatic carbocycles. The number of rotatable bonds is 1. The van der Waals surface area contributed by atoms with Crippen LogP contribution in [0.25, 0.3) is 10.9 Å². The summed E-state index contributed by atoms with van der Waals surface area (Å²) in [5.74, 6) is 0. The van der Waals surface area contributed by atoms with Crippen LogP contribution in [-0.2, 0) is 4.74 Å². The molecule has 0 radical (unpaired) electrons. The quantitative estimate of drug-likeness (QED) is 0.675. The fraction of sp³-hybridized carbons (Fsp3) is 0.500. The van der Waals surface area contributed by atoms with Gasteiger partial charge in [0.25, 0.3) is 5.56 Å². The average molecular weight is 408 g/mol. The summed E-state index contributed by atoms with van der Waals surface area (Å²) in [7, 11) is 0. The number of hydrogen-bond acceptors (Lipinski definition) is 4. The lowest BCUT2D eigenvalue weighted by atomic mass is 10.0. The molecule has 1 aliphatic heterocycles. The molecular formula is C18H22BrN3O3. The molecule has 25 heavy (non-hydrogen) atoms. The van der Waals surface area contributed by atoms with Crippen molar-refractivity contribution < 1.29 is 9.53 Å². The first-order chi connectivity index (χ1) is 11.7. The standard InChI is InChI=1S/C18H22BrN3O3/c1-18(2,3)25-17(24)21-9-6-12(7-10-21)22-11-8-14-13(16(22)23)4-5-15(19)20-14/h4-5,8,11-12H,6-7,9-10H2,1-3H3. The number of aromatic nitrogens is 2. The van der Waals surface area contributed by atoms with Gasteiger partial charge in [-0.2, -0.15) is 0 Å². The molecule has 7 heteroatoms. The van der Waals surface area contributed by atoms with Gasteiger partial charge in [0.05, 0.1) is 10.9 Å². The molecule has 134 valence electrons. The van der Waals surface area contributed by atoms with Crippen LogP contribution >= 0.6 is 15.9 Å². The molecule has 0 aliphatic carbocycles. The third-order valence-electron chi connectivity index (χ3n) is 4.26. The van der Waals surface area contributed by atoms with E-state index in [9.17, 15) is 9.59 Å². The minimum absolute atomic E-state index is 0.0341. The third-order valence-corrected chi connectivity index (χ3v) is 4.70. The number of carbonyl (C=O) groups is 1. The Balaban J connectivity index is 1.74. The first-order valence-electron chi connectivity index (χ1n) is 8.40. The maximum Gasteiger partial charge on any atom is 0.410 e. The third kappa shape index (κ3) is 4.03. The highest BCUT2D eigenvalue weighted by molar-refractivity contribution is 9.10. The topological polar surface area (TPSA) is 64.4 Å². The predicted molar refractivity (Wildman–Crippen MR) is 99.8 cm³/mol. The van der Waals surface area contributed by atoms with Crippen molar-refractivity contribution >= 4 is 32.9 Å². The average Bonchev–Trinajstić information content (AvgIpc) is 2.53. The van der Waals surface area contributed by atoms with Crippen LogP contribution < -0.4 is 5.56 Å². The molecule has 0 atom stereocenters. The Labute approximate surface area is 154 Å². The molecule has 2 aromatic heterocycles. The van der Waals surface area contributed by atoms with Crippen LogP contribution in [0, 0.1) is 0 Å². The van der Waals surface area contributed by atoms with Crippen LogP contribution in [0.5, 0.6) is 0 Å². The van der Waals surface area contributed by atoms with E-state index in [4.69, 9.17) is 4.74 Å². The maximum atomic E-state index is 12.7. The molecule has 0 unspecified atom stereocenters. The van der Waals surface area contributed by atoms with Crippen LogP contribution in [0.1, 0.15) is 39.7 Å². The van der Waals surface area contributed by atoms with E-state index in [0.29, 0.717) is 28.6 Å². The number of nitrogens with zero attached hydrogens (tertiary/aromatic N) is 3. The summed E-state index contributed by atoms with van der Waals surface area (Å²) in [5.41, 5.74) is 0.153. The van der Waals surface area contributed by atoms with Crippen LogP contribution in [0.2, 0.25) is 0 Å². The summed E-state index contributed by atoms with van der Waals surface area (Å²) in [6.45, 7) is 6.75. The van der Waals surface area contributed by atoms with Crippen molar-refractivity contribution in [2.45, 2.75) is 45.3 Å². The number of halogens is 1. The van der Waals surface area contributed by atoms with Crippen LogP contribution in [0.3, 0.4) is 0 Å². The summed E-state index contributed by atoms with van der Waals surface area (Å²) in [4.78, 5) is 30.9. The highest BCUT2D eigenvalue weighted by Gasteiger charge is 2.28. The first-order valence-corrected chi connectivity index (χ1v) is 9.19. The molecule has 0 saturated carbocycles. The Morgan fingerprint density at radius 3 is 2.56 bits per heavy atom. The maximum absolute atomic E-state index is 12.7. The van der Waals surface area contributed by atoms with Gasteiger partial charge in [-0.05, 0) is 67.7 Å². The zero-order valence-corrected chi connectivity index (χ0v) is 16.2. The van der Waals surface area contributed by atoms with Gasteiger partial charge >= 0.3 is 6.09 Å². The second-order valence-corrected chi connectivity index (χ2v) is 8.11. The largest absolute Gasteiger partial charge is 0.444 e. The van der Waals surface area contributed by atoms with E-state index in [0.717, 1.165) is 12.8 Å². The fourth-order valence-corrected chi connectivity index (χ4v) is 3.38. The van der Waals surface area contributed by atoms with Gasteiger partial charge in [0, 0.05) is 25.3 Å². The van der Waals surface area contributed by atoms with Crippen molar-refractivity contribution in [3.63, 3.8) is 0 Å². The number of piperidine rings is 1. The molecule has 1 amide bonds. The lowest BCUT2D eigenvalue weighted by molar-refractivity contribution is 0.0187. The van der Waals surface area contributed by atoms with E-state index in [-0.39, 0.29) is 17.7 Å². The van der Waals surface area contributed by atoms with Crippen LogP contribution in [0.4, 0.5) is 4.79 Å². The van der Waals surface area contributed by atoms with E-state index in [1.807, 2.05) is 26.8 Å². The van der Waals surface area contributed by atoms with Gasteiger partial charge in [0.15, 0.2) is 0 Å². The van der Waals surface area contributed by atoms with Crippen molar-refractivity contribution in [3.8, 4) is 0 Å². The number of pyridine rings is 2. The molecule has 0 N–H and O–H groups in total. The lowest BCUT2D eigenvalue weighted by Crippen LogP contribution is -2.43. The summed E-state index contributed by atoms with van der Waals surface area (Å²) in [6, 6.07) is 5.52. The molecule has 6 nitrogen and oxygen atoms in total. The molecule has 1 aliphatic rings. The normalized spacial score (nSPS) is 16.2. The van der Waals surface area contributed by atoms with Gasteiger partial charge in [-0.1, -0.05) is 0 Å². The van der Waals surface area contributed by atoms with Gasteiger partial charge in [-0.15, -0.1) is 0 Å². The molecular weight excluding hydrogens is 386 g/mol. The molecule has 0 spiro atoms.